The molecule has 5 heteroatoms. The van der Waals surface area contributed by atoms with Gasteiger partial charge in [0.25, 0.3) is 0 Å². The van der Waals surface area contributed by atoms with Crippen LogP contribution in [0.1, 0.15) is 23.2 Å². The van der Waals surface area contributed by atoms with Crippen molar-refractivity contribution in [3.63, 3.8) is 0 Å². The number of hydrogen-bond donors (Lipinski definition) is 2. The van der Waals surface area contributed by atoms with Crippen LogP contribution >= 0.6 is 11.6 Å². The Balaban J connectivity index is 2.50. The molecule has 1 aromatic rings. The molecule has 0 heterocycles. The number of nitrogens with two attached hydrogens (primary N) is 1. The molecule has 0 saturated carbocycles. The van der Waals surface area contributed by atoms with E-state index in [-0.39, 0.29) is 6.61 Å². The highest BCUT2D eigenvalue weighted by Crippen LogP contribution is 2.19. The van der Waals surface area contributed by atoms with Crippen LogP contribution in [-0.2, 0) is 4.74 Å². The topological polar surface area (TPSA) is 72.6 Å². The molecule has 0 bridgehead atoms. The number of esters is 1. The molecule has 0 atom stereocenters. The minimum Gasteiger partial charge on any atom is -0.462 e. The molecule has 1 rings (SSSR count). The van der Waals surface area contributed by atoms with Gasteiger partial charge in [-0.2, -0.15) is 0 Å². The van der Waals surface area contributed by atoms with E-state index in [9.17, 15) is 4.79 Å². The second-order valence-corrected chi connectivity index (χ2v) is 3.71. The van der Waals surface area contributed by atoms with E-state index in [1.54, 1.807) is 12.1 Å². The fourth-order valence-corrected chi connectivity index (χ4v) is 1.25. The number of carbonyl (C=O) groups is 1. The Morgan fingerprint density at radius 1 is 1.44 bits per heavy atom. The highest BCUT2D eigenvalue weighted by Gasteiger charge is 2.08. The molecule has 0 spiro atoms. The standard InChI is InChI=1S/C11H14ClNO3/c12-9-4-3-8(7-10(9)13)11(15)16-6-2-1-5-14/h3-4,7,14H,1-2,5-6,13H2. The number of halogens is 1. The first-order chi connectivity index (χ1) is 7.65. The van der Waals surface area contributed by atoms with Crippen molar-refractivity contribution in [3.8, 4) is 0 Å². The number of carbonyl (C=O) groups excluding carboxylic acids is 1. The zero-order chi connectivity index (χ0) is 12.0. The van der Waals surface area contributed by atoms with Crippen molar-refractivity contribution in [1.29, 1.82) is 0 Å². The number of nitrogen functional groups attached to an aromatic ring is 1. The Bertz CT molecular complexity index is 368. The number of hydrogen-bond acceptors (Lipinski definition) is 4. The van der Waals surface area contributed by atoms with Crippen LogP contribution < -0.4 is 5.73 Å². The van der Waals surface area contributed by atoms with Gasteiger partial charge in [-0.1, -0.05) is 11.6 Å². The molecule has 0 fully saturated rings. The summed E-state index contributed by atoms with van der Waals surface area (Å²) in [6, 6.07) is 4.60. The summed E-state index contributed by atoms with van der Waals surface area (Å²) in [5.74, 6) is -0.429. The van der Waals surface area contributed by atoms with E-state index >= 15 is 0 Å². The summed E-state index contributed by atoms with van der Waals surface area (Å²) in [6.45, 7) is 0.396. The number of rotatable bonds is 5. The first kappa shape index (κ1) is 12.8. The predicted molar refractivity (Wildman–Crippen MR) is 62.5 cm³/mol. The average Bonchev–Trinajstić information content (AvgIpc) is 2.28. The van der Waals surface area contributed by atoms with Gasteiger partial charge in [-0.05, 0) is 31.0 Å². The molecule has 0 saturated heterocycles. The maximum atomic E-state index is 11.5. The molecule has 0 aliphatic rings. The monoisotopic (exact) mass is 243 g/mol. The lowest BCUT2D eigenvalue weighted by molar-refractivity contribution is 0.0492. The summed E-state index contributed by atoms with van der Waals surface area (Å²) >= 11 is 5.73. The number of anilines is 1. The van der Waals surface area contributed by atoms with Crippen LogP contribution in [-0.4, -0.2) is 24.3 Å². The third-order valence-corrected chi connectivity index (χ3v) is 2.36. The molecule has 0 aliphatic heterocycles. The van der Waals surface area contributed by atoms with Gasteiger partial charge in [-0.25, -0.2) is 4.79 Å². The number of ether oxygens (including phenoxy) is 1. The summed E-state index contributed by atoms with van der Waals surface area (Å²) in [4.78, 5) is 11.5. The average molecular weight is 244 g/mol. The fourth-order valence-electron chi connectivity index (χ4n) is 1.13. The number of aliphatic hydroxyl groups is 1. The van der Waals surface area contributed by atoms with Crippen LogP contribution in [0.3, 0.4) is 0 Å². The Hall–Kier alpha value is -1.26. The van der Waals surface area contributed by atoms with E-state index in [0.717, 1.165) is 0 Å². The van der Waals surface area contributed by atoms with Gasteiger partial charge in [0.2, 0.25) is 0 Å². The summed E-state index contributed by atoms with van der Waals surface area (Å²) in [6.07, 6.45) is 1.27. The van der Waals surface area contributed by atoms with Crippen molar-refractivity contribution < 1.29 is 14.6 Å². The van der Waals surface area contributed by atoms with Crippen LogP contribution in [0.5, 0.6) is 0 Å². The van der Waals surface area contributed by atoms with Gasteiger partial charge in [0.15, 0.2) is 0 Å². The molecule has 1 aromatic carbocycles. The van der Waals surface area contributed by atoms with Crippen molar-refractivity contribution >= 4 is 23.3 Å². The molecule has 0 aliphatic carbocycles. The van der Waals surface area contributed by atoms with Gasteiger partial charge in [0, 0.05) is 6.61 Å². The van der Waals surface area contributed by atoms with Crippen LogP contribution in [0.4, 0.5) is 5.69 Å². The minimum absolute atomic E-state index is 0.103. The SMILES string of the molecule is Nc1cc(C(=O)OCCCCO)ccc1Cl. The van der Waals surface area contributed by atoms with Gasteiger partial charge in [-0.15, -0.1) is 0 Å². The minimum atomic E-state index is -0.429. The Kier molecular flexibility index (Phi) is 5.08. The zero-order valence-electron chi connectivity index (χ0n) is 8.78. The highest BCUT2D eigenvalue weighted by molar-refractivity contribution is 6.33. The molecule has 0 radical (unpaired) electrons. The summed E-state index contributed by atoms with van der Waals surface area (Å²) in [5, 5.41) is 8.96. The van der Waals surface area contributed by atoms with E-state index in [1.165, 1.54) is 6.07 Å². The third kappa shape index (κ3) is 3.72. The maximum absolute atomic E-state index is 11.5. The smallest absolute Gasteiger partial charge is 0.338 e. The number of benzene rings is 1. The molecular formula is C11H14ClNO3. The number of aliphatic hydroxyl groups excluding tert-OH is 1. The lowest BCUT2D eigenvalue weighted by Gasteiger charge is -2.05. The molecule has 0 unspecified atom stereocenters. The fraction of sp³-hybridized carbons (Fsp3) is 0.364. The molecule has 3 N–H and O–H groups in total. The van der Waals surface area contributed by atoms with Crippen molar-refractivity contribution in [3.05, 3.63) is 28.8 Å². The van der Waals surface area contributed by atoms with E-state index < -0.39 is 5.97 Å². The summed E-state index contributed by atoms with van der Waals surface area (Å²) in [7, 11) is 0. The van der Waals surface area contributed by atoms with Crippen molar-refractivity contribution in [2.24, 2.45) is 0 Å². The van der Waals surface area contributed by atoms with E-state index in [1.807, 2.05) is 0 Å². The molecular weight excluding hydrogens is 230 g/mol. The Morgan fingerprint density at radius 3 is 2.81 bits per heavy atom. The van der Waals surface area contributed by atoms with Crippen LogP contribution in [0.25, 0.3) is 0 Å². The third-order valence-electron chi connectivity index (χ3n) is 2.02. The first-order valence-electron chi connectivity index (χ1n) is 4.98. The van der Waals surface area contributed by atoms with Gasteiger partial charge < -0.3 is 15.6 Å². The lowest BCUT2D eigenvalue weighted by Crippen LogP contribution is -2.07. The predicted octanol–water partition coefficient (Wildman–Crippen LogP) is 1.85. The molecule has 0 aromatic heterocycles. The van der Waals surface area contributed by atoms with E-state index in [2.05, 4.69) is 0 Å². The van der Waals surface area contributed by atoms with Crippen molar-refractivity contribution in [1.82, 2.24) is 0 Å². The number of unbranched alkanes of at least 4 members (excludes halogenated alkanes) is 1. The summed E-state index contributed by atoms with van der Waals surface area (Å²) in [5.41, 5.74) is 6.30. The molecule has 88 valence electrons. The van der Waals surface area contributed by atoms with E-state index in [4.69, 9.17) is 27.2 Å². The van der Waals surface area contributed by atoms with Gasteiger partial charge >= 0.3 is 5.97 Å². The molecule has 4 nitrogen and oxygen atoms in total. The van der Waals surface area contributed by atoms with Crippen LogP contribution in [0.15, 0.2) is 18.2 Å². The summed E-state index contributed by atoms with van der Waals surface area (Å²) < 4.78 is 4.98. The quantitative estimate of drug-likeness (QED) is 0.470. The normalized spacial score (nSPS) is 10.1. The van der Waals surface area contributed by atoms with Crippen molar-refractivity contribution in [2.45, 2.75) is 12.8 Å². The second-order valence-electron chi connectivity index (χ2n) is 3.30. The van der Waals surface area contributed by atoms with Crippen LogP contribution in [0.2, 0.25) is 5.02 Å². The van der Waals surface area contributed by atoms with Gasteiger partial charge in [-0.3, -0.25) is 0 Å². The first-order valence-corrected chi connectivity index (χ1v) is 5.36. The van der Waals surface area contributed by atoms with Crippen LogP contribution in [0, 0.1) is 0 Å². The van der Waals surface area contributed by atoms with Gasteiger partial charge in [0.05, 0.1) is 22.9 Å². The van der Waals surface area contributed by atoms with Gasteiger partial charge in [0.1, 0.15) is 0 Å². The Labute approximate surface area is 99.0 Å². The van der Waals surface area contributed by atoms with E-state index in [0.29, 0.717) is 35.7 Å². The zero-order valence-corrected chi connectivity index (χ0v) is 9.54. The maximum Gasteiger partial charge on any atom is 0.338 e. The lowest BCUT2D eigenvalue weighted by atomic mass is 10.2. The molecule has 0 amide bonds. The second kappa shape index (κ2) is 6.35. The Morgan fingerprint density at radius 2 is 2.19 bits per heavy atom. The largest absolute Gasteiger partial charge is 0.462 e. The highest BCUT2D eigenvalue weighted by atomic mass is 35.5. The molecule has 16 heavy (non-hydrogen) atoms. The van der Waals surface area contributed by atoms with Crippen molar-refractivity contribution in [2.75, 3.05) is 18.9 Å².